The van der Waals surface area contributed by atoms with Crippen molar-refractivity contribution < 1.29 is 15.0 Å². The van der Waals surface area contributed by atoms with Gasteiger partial charge in [-0.2, -0.15) is 0 Å². The first-order valence-corrected chi connectivity index (χ1v) is 3.90. The molecule has 0 aromatic heterocycles. The lowest BCUT2D eigenvalue weighted by molar-refractivity contribution is 0.0697. The summed E-state index contributed by atoms with van der Waals surface area (Å²) in [6, 6.07) is 6.27. The molecule has 0 spiro atoms. The Balaban J connectivity index is 0.000000791. The van der Waals surface area contributed by atoms with Crippen LogP contribution in [0.4, 0.5) is 0 Å². The van der Waals surface area contributed by atoms with Crippen LogP contribution in [0.25, 0.3) is 0 Å². The van der Waals surface area contributed by atoms with Gasteiger partial charge in [-0.05, 0) is 17.7 Å². The molecule has 0 fully saturated rings. The van der Waals surface area contributed by atoms with E-state index in [1.807, 2.05) is 0 Å². The first-order chi connectivity index (χ1) is 6.61. The van der Waals surface area contributed by atoms with Crippen LogP contribution < -0.4 is 11.5 Å². The fourth-order valence-corrected chi connectivity index (χ4v) is 0.879. The third-order valence-corrected chi connectivity index (χ3v) is 1.52. The Morgan fingerprint density at radius 2 is 1.93 bits per heavy atom. The molecule has 1 rings (SSSR count). The Hall–Kier alpha value is -1.43. The molecule has 0 atom stereocenters. The summed E-state index contributed by atoms with van der Waals surface area (Å²) in [5.41, 5.74) is 11.6. The zero-order valence-corrected chi connectivity index (χ0v) is 7.84. The summed E-state index contributed by atoms with van der Waals surface area (Å²) >= 11 is 0. The molecular formula is C9H14N2O3. The molecule has 78 valence electrons. The summed E-state index contributed by atoms with van der Waals surface area (Å²) in [5.74, 6) is -0.975. The molecule has 1 aromatic rings. The normalized spacial score (nSPS) is 9.21. The highest BCUT2D eigenvalue weighted by Gasteiger charge is 2.04. The number of rotatable bonds is 2. The van der Waals surface area contributed by atoms with E-state index in [1.54, 1.807) is 12.1 Å². The average Bonchev–Trinajstić information content (AvgIpc) is 2.21. The summed E-state index contributed by atoms with van der Waals surface area (Å²) in [4.78, 5) is 10.5. The van der Waals surface area contributed by atoms with Gasteiger partial charge in [-0.15, -0.1) is 0 Å². The van der Waals surface area contributed by atoms with E-state index in [9.17, 15) is 4.79 Å². The van der Waals surface area contributed by atoms with Crippen molar-refractivity contribution in [1.82, 2.24) is 0 Å². The van der Waals surface area contributed by atoms with Crippen molar-refractivity contribution in [2.24, 2.45) is 11.5 Å². The zero-order valence-electron chi connectivity index (χ0n) is 7.84. The smallest absolute Gasteiger partial charge is 0.335 e. The van der Waals surface area contributed by atoms with Crippen LogP contribution >= 0.6 is 0 Å². The molecule has 6 N–H and O–H groups in total. The number of benzene rings is 1. The van der Waals surface area contributed by atoms with Crippen molar-refractivity contribution in [1.29, 1.82) is 0 Å². The van der Waals surface area contributed by atoms with Gasteiger partial charge in [0.25, 0.3) is 0 Å². The Kier molecular flexibility index (Phi) is 5.47. The minimum absolute atomic E-state index is 0.202. The van der Waals surface area contributed by atoms with Gasteiger partial charge in [-0.25, -0.2) is 4.79 Å². The van der Waals surface area contributed by atoms with Gasteiger partial charge in [0.15, 0.2) is 0 Å². The molecule has 5 nitrogen and oxygen atoms in total. The van der Waals surface area contributed by atoms with Gasteiger partial charge < -0.3 is 21.7 Å². The molecule has 1 aromatic carbocycles. The number of nitrogens with two attached hydrogens (primary N) is 2. The Morgan fingerprint density at radius 3 is 2.36 bits per heavy atom. The molecule has 0 amide bonds. The van der Waals surface area contributed by atoms with Crippen molar-refractivity contribution >= 4 is 5.97 Å². The Labute approximate surface area is 82.0 Å². The number of aliphatic hydroxyl groups is 1. The Morgan fingerprint density at radius 1 is 1.36 bits per heavy atom. The van der Waals surface area contributed by atoms with Gasteiger partial charge in [0, 0.05) is 7.11 Å². The number of hydrogen-bond donors (Lipinski definition) is 4. The predicted molar refractivity (Wildman–Crippen MR) is 52.7 cm³/mol. The molecular weight excluding hydrogens is 184 g/mol. The van der Waals surface area contributed by atoms with Crippen LogP contribution in [0.3, 0.4) is 0 Å². The SMILES string of the molecule is CO.NC(N)c1cccc(C(=O)O)c1. The summed E-state index contributed by atoms with van der Waals surface area (Å²) in [6.07, 6.45) is -0.621. The molecule has 0 aliphatic heterocycles. The van der Waals surface area contributed by atoms with Crippen LogP contribution in [0.5, 0.6) is 0 Å². The molecule has 5 heteroatoms. The average molecular weight is 198 g/mol. The van der Waals surface area contributed by atoms with E-state index in [0.29, 0.717) is 5.56 Å². The van der Waals surface area contributed by atoms with Crippen molar-refractivity contribution in [2.45, 2.75) is 6.17 Å². The summed E-state index contributed by atoms with van der Waals surface area (Å²) in [5, 5.41) is 15.6. The third kappa shape index (κ3) is 3.53. The lowest BCUT2D eigenvalue weighted by atomic mass is 10.1. The molecule has 0 saturated carbocycles. The van der Waals surface area contributed by atoms with E-state index in [4.69, 9.17) is 21.7 Å². The van der Waals surface area contributed by atoms with Crippen LogP contribution in [0, 0.1) is 0 Å². The number of carboxylic acid groups (broad SMARTS) is 1. The maximum absolute atomic E-state index is 10.5. The van der Waals surface area contributed by atoms with Gasteiger partial charge >= 0.3 is 5.97 Å². The monoisotopic (exact) mass is 198 g/mol. The standard InChI is InChI=1S/C8H10N2O2.CH4O/c9-7(10)5-2-1-3-6(4-5)8(11)12;1-2/h1-4,7H,9-10H2,(H,11,12);2H,1H3. The van der Waals surface area contributed by atoms with Crippen molar-refractivity contribution in [3.05, 3.63) is 35.4 Å². The molecule has 0 saturated heterocycles. The molecule has 0 heterocycles. The quantitative estimate of drug-likeness (QED) is 0.496. The van der Waals surface area contributed by atoms with Gasteiger partial charge in [0.05, 0.1) is 11.7 Å². The fourth-order valence-electron chi connectivity index (χ4n) is 0.879. The van der Waals surface area contributed by atoms with E-state index >= 15 is 0 Å². The topological polar surface area (TPSA) is 110 Å². The van der Waals surface area contributed by atoms with Crippen LogP contribution in [0.1, 0.15) is 22.1 Å². The molecule has 0 aliphatic carbocycles. The summed E-state index contributed by atoms with van der Waals surface area (Å²) < 4.78 is 0. The molecule has 0 unspecified atom stereocenters. The Bertz CT molecular complexity index is 300. The van der Waals surface area contributed by atoms with E-state index < -0.39 is 12.1 Å². The minimum atomic E-state index is -0.975. The summed E-state index contributed by atoms with van der Waals surface area (Å²) in [6.45, 7) is 0. The van der Waals surface area contributed by atoms with E-state index in [0.717, 1.165) is 7.11 Å². The highest BCUT2D eigenvalue weighted by molar-refractivity contribution is 5.87. The number of carbonyl (C=O) groups is 1. The lowest BCUT2D eigenvalue weighted by Crippen LogP contribution is -2.20. The molecule has 0 aliphatic rings. The second kappa shape index (κ2) is 6.09. The number of carboxylic acids is 1. The van der Waals surface area contributed by atoms with Crippen LogP contribution in [-0.2, 0) is 0 Å². The minimum Gasteiger partial charge on any atom is -0.478 e. The summed E-state index contributed by atoms with van der Waals surface area (Å²) in [7, 11) is 1.00. The second-order valence-corrected chi connectivity index (χ2v) is 2.46. The van der Waals surface area contributed by atoms with Crippen molar-refractivity contribution in [2.75, 3.05) is 7.11 Å². The first-order valence-electron chi connectivity index (χ1n) is 3.90. The van der Waals surface area contributed by atoms with Crippen molar-refractivity contribution in [3.63, 3.8) is 0 Å². The van der Waals surface area contributed by atoms with Gasteiger partial charge in [-0.1, -0.05) is 12.1 Å². The maximum Gasteiger partial charge on any atom is 0.335 e. The number of aliphatic hydroxyl groups excluding tert-OH is 1. The first kappa shape index (κ1) is 12.6. The van der Waals surface area contributed by atoms with E-state index in [1.165, 1.54) is 12.1 Å². The van der Waals surface area contributed by atoms with Gasteiger partial charge in [0.2, 0.25) is 0 Å². The molecule has 0 bridgehead atoms. The highest BCUT2D eigenvalue weighted by atomic mass is 16.4. The lowest BCUT2D eigenvalue weighted by Gasteiger charge is -2.05. The number of aromatic carboxylic acids is 1. The van der Waals surface area contributed by atoms with Gasteiger partial charge in [0.1, 0.15) is 0 Å². The number of hydrogen-bond acceptors (Lipinski definition) is 4. The fraction of sp³-hybridized carbons (Fsp3) is 0.222. The van der Waals surface area contributed by atoms with Crippen LogP contribution in [0.2, 0.25) is 0 Å². The van der Waals surface area contributed by atoms with Crippen LogP contribution in [-0.4, -0.2) is 23.3 Å². The highest BCUT2D eigenvalue weighted by Crippen LogP contribution is 2.08. The van der Waals surface area contributed by atoms with Crippen molar-refractivity contribution in [3.8, 4) is 0 Å². The van der Waals surface area contributed by atoms with Gasteiger partial charge in [-0.3, -0.25) is 0 Å². The van der Waals surface area contributed by atoms with E-state index in [2.05, 4.69) is 0 Å². The second-order valence-electron chi connectivity index (χ2n) is 2.46. The molecule has 0 radical (unpaired) electrons. The zero-order chi connectivity index (χ0) is 11.1. The maximum atomic E-state index is 10.5. The van der Waals surface area contributed by atoms with E-state index in [-0.39, 0.29) is 5.56 Å². The molecule has 14 heavy (non-hydrogen) atoms. The third-order valence-electron chi connectivity index (χ3n) is 1.52. The van der Waals surface area contributed by atoms with Crippen LogP contribution in [0.15, 0.2) is 24.3 Å². The largest absolute Gasteiger partial charge is 0.478 e. The predicted octanol–water partition coefficient (Wildman–Crippen LogP) is -0.0907.